The molecule has 0 bridgehead atoms. The van der Waals surface area contributed by atoms with Crippen molar-refractivity contribution in [1.29, 1.82) is 0 Å². The number of nitrogens with zero attached hydrogens (tertiary/aromatic N) is 2. The Morgan fingerprint density at radius 3 is 2.39 bits per heavy atom. The lowest BCUT2D eigenvalue weighted by molar-refractivity contribution is -0.129. The molecule has 1 unspecified atom stereocenters. The predicted octanol–water partition coefficient (Wildman–Crippen LogP) is 3.31. The molecule has 0 aliphatic carbocycles. The third-order valence-electron chi connectivity index (χ3n) is 4.79. The van der Waals surface area contributed by atoms with Gasteiger partial charge < -0.3 is 16.0 Å². The van der Waals surface area contributed by atoms with Crippen molar-refractivity contribution >= 4 is 17.5 Å². The Kier molecular flexibility index (Phi) is 7.04. The first kappa shape index (κ1) is 22.0. The average molecular weight is 424 g/mol. The molecule has 0 saturated heterocycles. The van der Waals surface area contributed by atoms with Crippen molar-refractivity contribution in [2.24, 2.45) is 5.73 Å². The topological polar surface area (TPSA) is 88.3 Å². The number of rotatable bonds is 7. The van der Waals surface area contributed by atoms with Crippen LogP contribution in [0.3, 0.4) is 0 Å². The quantitative estimate of drug-likeness (QED) is 0.609. The zero-order chi connectivity index (χ0) is 22.4. The molecular formula is C23H22F2N4O2. The van der Waals surface area contributed by atoms with E-state index in [-0.39, 0.29) is 30.3 Å². The molecule has 160 valence electrons. The van der Waals surface area contributed by atoms with Crippen molar-refractivity contribution in [2.45, 2.75) is 12.5 Å². The number of anilines is 1. The van der Waals surface area contributed by atoms with Crippen LogP contribution in [0.2, 0.25) is 0 Å². The maximum absolute atomic E-state index is 13.8. The van der Waals surface area contributed by atoms with Gasteiger partial charge in [0.25, 0.3) is 5.91 Å². The van der Waals surface area contributed by atoms with E-state index in [4.69, 9.17) is 5.73 Å². The Morgan fingerprint density at radius 1 is 1.06 bits per heavy atom. The van der Waals surface area contributed by atoms with Gasteiger partial charge in [-0.1, -0.05) is 18.2 Å². The summed E-state index contributed by atoms with van der Waals surface area (Å²) >= 11 is 0. The number of hydrogen-bond donors (Lipinski definition) is 2. The van der Waals surface area contributed by atoms with Gasteiger partial charge in [-0.25, -0.2) is 8.78 Å². The summed E-state index contributed by atoms with van der Waals surface area (Å²) in [7, 11) is 1.57. The summed E-state index contributed by atoms with van der Waals surface area (Å²) in [6.07, 6.45) is 2.98. The highest BCUT2D eigenvalue weighted by Crippen LogP contribution is 2.16. The number of aromatic nitrogens is 1. The molecule has 3 N–H and O–H groups in total. The van der Waals surface area contributed by atoms with E-state index in [0.717, 1.165) is 17.7 Å². The van der Waals surface area contributed by atoms with Crippen molar-refractivity contribution in [2.75, 3.05) is 18.9 Å². The highest BCUT2D eigenvalue weighted by atomic mass is 19.1. The number of halogens is 2. The van der Waals surface area contributed by atoms with Crippen LogP contribution in [-0.2, 0) is 11.2 Å². The van der Waals surface area contributed by atoms with Gasteiger partial charge in [-0.2, -0.15) is 0 Å². The first-order valence-electron chi connectivity index (χ1n) is 9.58. The maximum atomic E-state index is 13.8. The fourth-order valence-electron chi connectivity index (χ4n) is 2.99. The van der Waals surface area contributed by atoms with Crippen LogP contribution >= 0.6 is 0 Å². The maximum Gasteiger partial charge on any atom is 0.255 e. The highest BCUT2D eigenvalue weighted by Gasteiger charge is 2.17. The van der Waals surface area contributed by atoms with Crippen molar-refractivity contribution in [3.63, 3.8) is 0 Å². The van der Waals surface area contributed by atoms with E-state index in [1.165, 1.54) is 11.0 Å². The van der Waals surface area contributed by atoms with Crippen LogP contribution in [0.15, 0.2) is 67.0 Å². The molecule has 0 aliphatic heterocycles. The lowest BCUT2D eigenvalue weighted by Gasteiger charge is -2.22. The van der Waals surface area contributed by atoms with Gasteiger partial charge in [-0.3, -0.25) is 14.6 Å². The van der Waals surface area contributed by atoms with E-state index >= 15 is 0 Å². The molecule has 0 radical (unpaired) electrons. The molecular weight excluding hydrogens is 402 g/mol. The smallest absolute Gasteiger partial charge is 0.255 e. The number of nitrogens with two attached hydrogens (primary N) is 1. The van der Waals surface area contributed by atoms with Crippen LogP contribution in [0, 0.1) is 11.6 Å². The summed E-state index contributed by atoms with van der Waals surface area (Å²) in [6, 6.07) is 12.8. The molecule has 2 amide bonds. The molecule has 1 aromatic heterocycles. The third kappa shape index (κ3) is 5.93. The molecule has 8 heteroatoms. The van der Waals surface area contributed by atoms with Gasteiger partial charge in [0.2, 0.25) is 5.91 Å². The summed E-state index contributed by atoms with van der Waals surface area (Å²) in [5, 5.41) is 2.77. The second-order valence-electron chi connectivity index (χ2n) is 7.11. The molecule has 31 heavy (non-hydrogen) atoms. The van der Waals surface area contributed by atoms with Crippen molar-refractivity contribution < 1.29 is 18.4 Å². The van der Waals surface area contributed by atoms with Crippen LogP contribution in [-0.4, -0.2) is 35.3 Å². The summed E-state index contributed by atoms with van der Waals surface area (Å²) in [5.41, 5.74) is 8.17. The van der Waals surface area contributed by atoms with Crippen LogP contribution in [0.4, 0.5) is 14.5 Å². The Morgan fingerprint density at radius 2 is 1.74 bits per heavy atom. The number of benzene rings is 2. The van der Waals surface area contributed by atoms with Gasteiger partial charge >= 0.3 is 0 Å². The zero-order valence-electron chi connectivity index (χ0n) is 16.9. The minimum absolute atomic E-state index is 0.122. The molecule has 0 fully saturated rings. The van der Waals surface area contributed by atoms with E-state index in [9.17, 15) is 18.4 Å². The minimum Gasteiger partial charge on any atom is -0.344 e. The number of amides is 2. The third-order valence-corrected chi connectivity index (χ3v) is 4.79. The van der Waals surface area contributed by atoms with Gasteiger partial charge in [0.15, 0.2) is 0 Å². The fourth-order valence-corrected chi connectivity index (χ4v) is 2.99. The zero-order valence-corrected chi connectivity index (χ0v) is 16.9. The van der Waals surface area contributed by atoms with Gasteiger partial charge in [0.1, 0.15) is 11.6 Å². The average Bonchev–Trinajstić information content (AvgIpc) is 2.76. The number of carbonyl (C=O) groups excluding carboxylic acids is 2. The Balaban J connectivity index is 1.57. The first-order valence-corrected chi connectivity index (χ1v) is 9.58. The minimum atomic E-state index is -0.758. The van der Waals surface area contributed by atoms with E-state index in [2.05, 4.69) is 10.3 Å². The molecule has 1 atom stereocenters. The van der Waals surface area contributed by atoms with Crippen molar-refractivity contribution in [3.8, 4) is 0 Å². The second kappa shape index (κ2) is 9.90. The van der Waals surface area contributed by atoms with Crippen LogP contribution in [0.1, 0.15) is 27.5 Å². The summed E-state index contributed by atoms with van der Waals surface area (Å²) in [4.78, 5) is 30.0. The van der Waals surface area contributed by atoms with Crippen LogP contribution < -0.4 is 11.1 Å². The lowest BCUT2D eigenvalue weighted by atomic mass is 10.0. The van der Waals surface area contributed by atoms with E-state index in [0.29, 0.717) is 11.3 Å². The molecule has 0 aliphatic rings. The highest BCUT2D eigenvalue weighted by molar-refractivity contribution is 6.04. The molecule has 6 nitrogen and oxygen atoms in total. The monoisotopic (exact) mass is 424 g/mol. The van der Waals surface area contributed by atoms with E-state index in [1.54, 1.807) is 55.8 Å². The van der Waals surface area contributed by atoms with Crippen LogP contribution in [0.25, 0.3) is 0 Å². The number of likely N-dealkylation sites (N-methyl/N-ethyl adjacent to an activating group) is 1. The summed E-state index contributed by atoms with van der Waals surface area (Å²) in [5.74, 6) is -2.05. The van der Waals surface area contributed by atoms with Crippen molar-refractivity contribution in [1.82, 2.24) is 9.88 Å². The number of pyridine rings is 1. The molecule has 0 spiro atoms. The van der Waals surface area contributed by atoms with Gasteiger partial charge in [-0.05, 0) is 41.5 Å². The Labute approximate surface area is 178 Å². The SMILES string of the molecule is CN(CC(N)c1ccc(C(=O)Nc2ccncc2)cc1)C(=O)Cc1ccc(F)cc1F. The summed E-state index contributed by atoms with van der Waals surface area (Å²) < 4.78 is 26.8. The largest absolute Gasteiger partial charge is 0.344 e. The van der Waals surface area contributed by atoms with E-state index < -0.39 is 17.7 Å². The fraction of sp³-hybridized carbons (Fsp3) is 0.174. The molecule has 3 rings (SSSR count). The normalized spacial score (nSPS) is 11.6. The lowest BCUT2D eigenvalue weighted by Crippen LogP contribution is -2.35. The predicted molar refractivity (Wildman–Crippen MR) is 113 cm³/mol. The van der Waals surface area contributed by atoms with Crippen LogP contribution in [0.5, 0.6) is 0 Å². The number of carbonyl (C=O) groups is 2. The van der Waals surface area contributed by atoms with Gasteiger partial charge in [0, 0.05) is 49.3 Å². The van der Waals surface area contributed by atoms with Gasteiger partial charge in [-0.15, -0.1) is 0 Å². The molecule has 1 heterocycles. The summed E-state index contributed by atoms with van der Waals surface area (Å²) in [6.45, 7) is 0.199. The number of nitrogens with one attached hydrogen (secondary N) is 1. The number of hydrogen-bond acceptors (Lipinski definition) is 4. The van der Waals surface area contributed by atoms with Gasteiger partial charge in [0.05, 0.1) is 6.42 Å². The molecule has 0 saturated carbocycles. The molecule has 3 aromatic rings. The Bertz CT molecular complexity index is 1060. The second-order valence-corrected chi connectivity index (χ2v) is 7.11. The van der Waals surface area contributed by atoms with Crippen molar-refractivity contribution in [3.05, 3.63) is 95.3 Å². The van der Waals surface area contributed by atoms with E-state index in [1.807, 2.05) is 0 Å². The standard InChI is InChI=1S/C23H22F2N4O2/c1-29(22(30)12-17-6-7-18(24)13-20(17)25)14-21(26)15-2-4-16(5-3-15)23(31)28-19-8-10-27-11-9-19/h2-11,13,21H,12,14,26H2,1H3,(H,27,28,31). The molecule has 2 aromatic carbocycles. The Hall–Kier alpha value is -3.65. The first-order chi connectivity index (χ1) is 14.8.